The Morgan fingerprint density at radius 3 is 2.34 bits per heavy atom. The first-order valence-corrected chi connectivity index (χ1v) is 10.5. The van der Waals surface area contributed by atoms with Crippen molar-refractivity contribution < 1.29 is 23.8 Å². The molecule has 0 atom stereocenters. The van der Waals surface area contributed by atoms with Gasteiger partial charge in [-0.25, -0.2) is 9.18 Å². The molecule has 0 saturated carbocycles. The van der Waals surface area contributed by atoms with Crippen LogP contribution in [0.3, 0.4) is 0 Å². The molecule has 0 unspecified atom stereocenters. The maximum atomic E-state index is 14.1. The van der Waals surface area contributed by atoms with E-state index in [-0.39, 0.29) is 25.6 Å². The summed E-state index contributed by atoms with van der Waals surface area (Å²) < 4.78 is 24.9. The molecule has 1 N–H and O–H groups in total. The molecule has 166 valence electrons. The normalized spacial score (nSPS) is 10.6. The Kier molecular flexibility index (Phi) is 8.17. The molecule has 0 aliphatic carbocycles. The maximum absolute atomic E-state index is 14.1. The molecular formula is C27H27FO4. The van der Waals surface area contributed by atoms with Gasteiger partial charge in [0.15, 0.2) is 0 Å². The minimum atomic E-state index is -0.398. The zero-order chi connectivity index (χ0) is 22.9. The molecule has 0 saturated heterocycles. The lowest BCUT2D eigenvalue weighted by Crippen LogP contribution is -2.08. The van der Waals surface area contributed by atoms with Gasteiger partial charge in [-0.1, -0.05) is 55.1 Å². The lowest BCUT2D eigenvalue weighted by molar-refractivity contribution is -0.139. The maximum Gasteiger partial charge on any atom is 0.333 e. The molecule has 3 rings (SSSR count). The topological polar surface area (TPSA) is 55.8 Å². The zero-order valence-corrected chi connectivity index (χ0v) is 18.1. The first-order valence-electron chi connectivity index (χ1n) is 10.5. The molecule has 4 nitrogen and oxygen atoms in total. The van der Waals surface area contributed by atoms with Gasteiger partial charge in [-0.15, -0.1) is 0 Å². The van der Waals surface area contributed by atoms with E-state index in [9.17, 15) is 9.18 Å². The van der Waals surface area contributed by atoms with E-state index in [2.05, 4.69) is 6.58 Å². The predicted molar refractivity (Wildman–Crippen MR) is 124 cm³/mol. The number of carbonyl (C=O) groups excluding carboxylic acids is 1. The van der Waals surface area contributed by atoms with Crippen LogP contribution in [-0.2, 0) is 16.0 Å². The SMILES string of the molecule is C=C(C)C(=O)OCCCc1cc(-c2ccc(-c3ccccc3F)cc2)ccc1OCCO. The summed E-state index contributed by atoms with van der Waals surface area (Å²) in [4.78, 5) is 11.6. The summed E-state index contributed by atoms with van der Waals surface area (Å²) in [5, 5.41) is 9.10. The number of ether oxygens (including phenoxy) is 2. The summed E-state index contributed by atoms with van der Waals surface area (Å²) in [6, 6.07) is 20.3. The number of halogens is 1. The van der Waals surface area contributed by atoms with Crippen molar-refractivity contribution in [1.29, 1.82) is 0 Å². The summed E-state index contributed by atoms with van der Waals surface area (Å²) >= 11 is 0. The van der Waals surface area contributed by atoms with Gasteiger partial charge in [0.05, 0.1) is 13.2 Å². The Morgan fingerprint density at radius 2 is 1.66 bits per heavy atom. The number of aryl methyl sites for hydroxylation is 1. The van der Waals surface area contributed by atoms with Crippen LogP contribution in [0.5, 0.6) is 5.75 Å². The number of hydrogen-bond donors (Lipinski definition) is 1. The summed E-state index contributed by atoms with van der Waals surface area (Å²) in [7, 11) is 0. The van der Waals surface area contributed by atoms with E-state index in [1.165, 1.54) is 6.07 Å². The number of carbonyl (C=O) groups is 1. The first-order chi connectivity index (χ1) is 15.5. The second kappa shape index (κ2) is 11.3. The van der Waals surface area contributed by atoms with Crippen molar-refractivity contribution in [3.63, 3.8) is 0 Å². The summed E-state index contributed by atoms with van der Waals surface area (Å²) in [6.07, 6.45) is 1.27. The van der Waals surface area contributed by atoms with Gasteiger partial charge in [0.1, 0.15) is 18.2 Å². The number of benzene rings is 3. The fourth-order valence-electron chi connectivity index (χ4n) is 3.34. The molecule has 0 spiro atoms. The van der Waals surface area contributed by atoms with E-state index < -0.39 is 5.97 Å². The molecule has 3 aromatic carbocycles. The van der Waals surface area contributed by atoms with E-state index in [1.807, 2.05) is 48.5 Å². The van der Waals surface area contributed by atoms with Crippen LogP contribution >= 0.6 is 0 Å². The van der Waals surface area contributed by atoms with Gasteiger partial charge in [-0.2, -0.15) is 0 Å². The van der Waals surface area contributed by atoms with E-state index in [4.69, 9.17) is 14.6 Å². The Labute approximate surface area is 187 Å². The van der Waals surface area contributed by atoms with Crippen LogP contribution in [0.15, 0.2) is 78.9 Å². The smallest absolute Gasteiger partial charge is 0.333 e. The van der Waals surface area contributed by atoms with Gasteiger partial charge >= 0.3 is 5.97 Å². The van der Waals surface area contributed by atoms with Crippen molar-refractivity contribution in [3.8, 4) is 28.0 Å². The summed E-state index contributed by atoms with van der Waals surface area (Å²) in [5.41, 5.74) is 4.70. The van der Waals surface area contributed by atoms with Crippen LogP contribution in [0.1, 0.15) is 18.9 Å². The summed E-state index contributed by atoms with van der Waals surface area (Å²) in [5.74, 6) is 0.0442. The van der Waals surface area contributed by atoms with Crippen LogP contribution in [0.25, 0.3) is 22.3 Å². The van der Waals surface area contributed by atoms with Gasteiger partial charge in [0.2, 0.25) is 0 Å². The number of rotatable bonds is 10. The minimum absolute atomic E-state index is 0.0745. The number of hydrogen-bond acceptors (Lipinski definition) is 4. The second-order valence-electron chi connectivity index (χ2n) is 7.47. The van der Waals surface area contributed by atoms with Gasteiger partial charge in [0, 0.05) is 11.1 Å². The Bertz CT molecular complexity index is 1070. The van der Waals surface area contributed by atoms with Crippen molar-refractivity contribution in [2.45, 2.75) is 19.8 Å². The highest BCUT2D eigenvalue weighted by atomic mass is 19.1. The average Bonchev–Trinajstić information content (AvgIpc) is 2.81. The third kappa shape index (κ3) is 6.05. The minimum Gasteiger partial charge on any atom is -0.491 e. The highest BCUT2D eigenvalue weighted by Crippen LogP contribution is 2.30. The van der Waals surface area contributed by atoms with Crippen molar-refractivity contribution in [2.24, 2.45) is 0 Å². The Balaban J connectivity index is 1.77. The molecule has 0 fully saturated rings. The summed E-state index contributed by atoms with van der Waals surface area (Å²) in [6.45, 7) is 5.60. The first kappa shape index (κ1) is 23.2. The van der Waals surface area contributed by atoms with Gasteiger partial charge < -0.3 is 14.6 Å². The lowest BCUT2D eigenvalue weighted by atomic mass is 9.97. The molecule has 0 radical (unpaired) electrons. The van der Waals surface area contributed by atoms with Crippen molar-refractivity contribution >= 4 is 5.97 Å². The van der Waals surface area contributed by atoms with Crippen LogP contribution in [-0.4, -0.2) is 30.9 Å². The van der Waals surface area contributed by atoms with Crippen molar-refractivity contribution in [2.75, 3.05) is 19.8 Å². The van der Waals surface area contributed by atoms with E-state index >= 15 is 0 Å². The number of esters is 1. The molecule has 0 bridgehead atoms. The zero-order valence-electron chi connectivity index (χ0n) is 18.1. The molecule has 0 aromatic heterocycles. The van der Waals surface area contributed by atoms with Gasteiger partial charge in [-0.3, -0.25) is 0 Å². The molecule has 0 aliphatic rings. The van der Waals surface area contributed by atoms with Crippen molar-refractivity contribution in [3.05, 3.63) is 90.3 Å². The molecule has 0 amide bonds. The third-order valence-electron chi connectivity index (χ3n) is 4.98. The Hall–Kier alpha value is -3.44. The van der Waals surface area contributed by atoms with E-state index in [1.54, 1.807) is 19.1 Å². The number of aliphatic hydroxyl groups excluding tert-OH is 1. The predicted octanol–water partition coefficient (Wildman–Crippen LogP) is 5.58. The molecule has 5 heteroatoms. The quantitative estimate of drug-likeness (QED) is 0.257. The third-order valence-corrected chi connectivity index (χ3v) is 4.98. The van der Waals surface area contributed by atoms with E-state index in [0.717, 1.165) is 22.3 Å². The molecule has 3 aromatic rings. The fraction of sp³-hybridized carbons (Fsp3) is 0.222. The highest BCUT2D eigenvalue weighted by molar-refractivity contribution is 5.86. The number of aliphatic hydroxyl groups is 1. The monoisotopic (exact) mass is 434 g/mol. The molecule has 0 aliphatic heterocycles. The molecular weight excluding hydrogens is 407 g/mol. The largest absolute Gasteiger partial charge is 0.491 e. The highest BCUT2D eigenvalue weighted by Gasteiger charge is 2.10. The van der Waals surface area contributed by atoms with Crippen LogP contribution in [0, 0.1) is 5.82 Å². The van der Waals surface area contributed by atoms with Gasteiger partial charge in [-0.05, 0) is 60.2 Å². The second-order valence-corrected chi connectivity index (χ2v) is 7.47. The van der Waals surface area contributed by atoms with Gasteiger partial charge in [0.25, 0.3) is 0 Å². The average molecular weight is 435 g/mol. The van der Waals surface area contributed by atoms with Crippen molar-refractivity contribution in [1.82, 2.24) is 0 Å². The molecule has 0 heterocycles. The van der Waals surface area contributed by atoms with E-state index in [0.29, 0.717) is 29.7 Å². The molecule has 32 heavy (non-hydrogen) atoms. The fourth-order valence-corrected chi connectivity index (χ4v) is 3.34. The Morgan fingerprint density at radius 1 is 0.969 bits per heavy atom. The van der Waals surface area contributed by atoms with Crippen LogP contribution in [0.2, 0.25) is 0 Å². The van der Waals surface area contributed by atoms with Crippen LogP contribution in [0.4, 0.5) is 4.39 Å². The lowest BCUT2D eigenvalue weighted by Gasteiger charge is -2.14. The van der Waals surface area contributed by atoms with Crippen LogP contribution < -0.4 is 4.74 Å². The standard InChI is InChI=1S/C27H27FO4/c1-19(2)27(30)32-16-5-6-23-18-22(13-14-26(23)31-17-15-29)20-9-11-21(12-10-20)24-7-3-4-8-25(24)28/h3-4,7-14,18,29H,1,5-6,15-17H2,2H3.